The number of anilines is 1. The first-order valence-electron chi connectivity index (χ1n) is 11.6. The highest BCUT2D eigenvalue weighted by Crippen LogP contribution is 2.40. The zero-order valence-electron chi connectivity index (χ0n) is 18.3. The van der Waals surface area contributed by atoms with Crippen molar-refractivity contribution in [3.63, 3.8) is 0 Å². The average Bonchev–Trinajstić information content (AvgIpc) is 3.34. The number of fused-ring (bicyclic) bond motifs is 1. The van der Waals surface area contributed by atoms with Crippen LogP contribution >= 0.6 is 11.6 Å². The predicted octanol–water partition coefficient (Wildman–Crippen LogP) is 5.42. The minimum Gasteiger partial charge on any atom is -0.381 e. The molecule has 0 bridgehead atoms. The highest BCUT2D eigenvalue weighted by molar-refractivity contribution is 6.33. The van der Waals surface area contributed by atoms with E-state index in [0.29, 0.717) is 17.7 Å². The van der Waals surface area contributed by atoms with Crippen LogP contribution in [-0.4, -0.2) is 54.0 Å². The Morgan fingerprint density at radius 2 is 1.82 bits per heavy atom. The number of rotatable bonds is 6. The van der Waals surface area contributed by atoms with Crippen LogP contribution in [0.1, 0.15) is 37.7 Å². The third-order valence-corrected chi connectivity index (χ3v) is 7.61. The van der Waals surface area contributed by atoms with E-state index in [4.69, 9.17) is 16.3 Å². The van der Waals surface area contributed by atoms with Crippen molar-refractivity contribution in [2.45, 2.75) is 38.2 Å². The minimum absolute atomic E-state index is 0.0907. The molecule has 2 aliphatic heterocycles. The van der Waals surface area contributed by atoms with Gasteiger partial charge in [0.15, 0.2) is 0 Å². The molecule has 1 aliphatic carbocycles. The molecule has 9 heteroatoms. The lowest BCUT2D eigenvalue weighted by atomic mass is 10.00. The molecule has 2 atom stereocenters. The van der Waals surface area contributed by atoms with Gasteiger partial charge < -0.3 is 15.0 Å². The predicted molar refractivity (Wildman–Crippen MR) is 121 cm³/mol. The summed E-state index contributed by atoms with van der Waals surface area (Å²) >= 11 is 6.11. The van der Waals surface area contributed by atoms with Crippen LogP contribution in [0.15, 0.2) is 24.3 Å². The molecule has 0 radical (unpaired) electrons. The number of halogens is 4. The number of nitrogens with one attached hydrogen (secondary N) is 1. The molecule has 1 aromatic heterocycles. The molecule has 3 fully saturated rings. The smallest absolute Gasteiger partial charge is 0.266 e. The summed E-state index contributed by atoms with van der Waals surface area (Å²) in [6.45, 7) is 5.12. The van der Waals surface area contributed by atoms with Gasteiger partial charge in [0, 0.05) is 50.0 Å². The Morgan fingerprint density at radius 3 is 2.52 bits per heavy atom. The number of likely N-dealkylation sites (tertiary alicyclic amines) is 1. The number of aromatic nitrogens is 2. The Balaban J connectivity index is 1.23. The number of ether oxygens (including phenoxy) is 1. The Morgan fingerprint density at radius 1 is 1.09 bits per heavy atom. The lowest BCUT2D eigenvalue weighted by molar-refractivity contribution is 0.0545. The third kappa shape index (κ3) is 5.12. The van der Waals surface area contributed by atoms with Gasteiger partial charge in [-0.1, -0.05) is 11.6 Å². The monoisotopic (exact) mass is 480 g/mol. The normalized spacial score (nSPS) is 24.5. The van der Waals surface area contributed by atoms with Gasteiger partial charge in [0.25, 0.3) is 6.43 Å². The fourth-order valence-electron chi connectivity index (χ4n) is 5.70. The number of alkyl halides is 2. The van der Waals surface area contributed by atoms with E-state index in [1.807, 2.05) is 0 Å². The molecule has 1 saturated carbocycles. The minimum atomic E-state index is -2.78. The van der Waals surface area contributed by atoms with Gasteiger partial charge in [-0.05, 0) is 67.7 Å². The summed E-state index contributed by atoms with van der Waals surface area (Å²) in [7, 11) is 0. The van der Waals surface area contributed by atoms with Crippen molar-refractivity contribution in [1.29, 1.82) is 0 Å². The van der Waals surface area contributed by atoms with E-state index in [2.05, 4.69) is 20.4 Å². The van der Waals surface area contributed by atoms with Crippen molar-refractivity contribution >= 4 is 17.4 Å². The summed E-state index contributed by atoms with van der Waals surface area (Å²) in [5, 5.41) is 11.6. The third-order valence-electron chi connectivity index (χ3n) is 7.28. The Kier molecular flexibility index (Phi) is 6.77. The number of benzene rings is 1. The molecule has 33 heavy (non-hydrogen) atoms. The lowest BCUT2D eigenvalue weighted by Gasteiger charge is -2.27. The topological polar surface area (TPSA) is 50.3 Å². The van der Waals surface area contributed by atoms with Crippen LogP contribution in [0.2, 0.25) is 5.02 Å². The van der Waals surface area contributed by atoms with Crippen LogP contribution < -0.4 is 5.32 Å². The van der Waals surface area contributed by atoms with E-state index in [9.17, 15) is 13.2 Å². The van der Waals surface area contributed by atoms with Gasteiger partial charge >= 0.3 is 0 Å². The van der Waals surface area contributed by atoms with Crippen LogP contribution in [0.4, 0.5) is 19.0 Å². The van der Waals surface area contributed by atoms with Crippen LogP contribution in [0, 0.1) is 23.6 Å². The van der Waals surface area contributed by atoms with Crippen LogP contribution in [0.25, 0.3) is 11.3 Å². The Labute approximate surface area is 196 Å². The van der Waals surface area contributed by atoms with Gasteiger partial charge in [0.1, 0.15) is 17.3 Å². The van der Waals surface area contributed by atoms with Gasteiger partial charge in [-0.3, -0.25) is 0 Å². The van der Waals surface area contributed by atoms with Gasteiger partial charge in [-0.15, -0.1) is 10.2 Å². The zero-order chi connectivity index (χ0) is 22.9. The molecule has 0 unspecified atom stereocenters. The number of nitrogens with zero attached hydrogens (tertiary/aromatic N) is 3. The second-order valence-corrected chi connectivity index (χ2v) is 9.97. The molecule has 5 rings (SSSR count). The van der Waals surface area contributed by atoms with Crippen LogP contribution in [-0.2, 0) is 4.74 Å². The van der Waals surface area contributed by atoms with E-state index < -0.39 is 12.2 Å². The first-order valence-corrected chi connectivity index (χ1v) is 12.0. The molecule has 0 spiro atoms. The van der Waals surface area contributed by atoms with E-state index in [-0.39, 0.29) is 27.9 Å². The molecule has 178 valence electrons. The summed E-state index contributed by atoms with van der Waals surface area (Å²) in [5.41, 5.74) is -0.279. The van der Waals surface area contributed by atoms with Gasteiger partial charge in [0.05, 0.1) is 5.02 Å². The summed E-state index contributed by atoms with van der Waals surface area (Å²) in [6.07, 6.45) is 1.52. The summed E-state index contributed by atoms with van der Waals surface area (Å²) in [6, 6.07) is 5.13. The molecular weight excluding hydrogens is 453 g/mol. The van der Waals surface area contributed by atoms with E-state index >= 15 is 0 Å². The highest BCUT2D eigenvalue weighted by Gasteiger charge is 2.41. The van der Waals surface area contributed by atoms with E-state index in [1.165, 1.54) is 18.2 Å². The SMILES string of the molecule is Fc1ccc(Cl)c(-c2nnc(NC3C[C@@H]4CN(CC5CCOCC5)C[C@H]4C3)cc2C(F)F)c1. The van der Waals surface area contributed by atoms with Crippen molar-refractivity contribution in [2.24, 2.45) is 17.8 Å². The Hall–Kier alpha value is -1.90. The molecule has 5 nitrogen and oxygen atoms in total. The largest absolute Gasteiger partial charge is 0.381 e. The molecule has 1 aromatic carbocycles. The molecule has 1 N–H and O–H groups in total. The molecular formula is C24H28ClF3N4O. The van der Waals surface area contributed by atoms with Crippen molar-refractivity contribution in [3.8, 4) is 11.3 Å². The molecule has 0 amide bonds. The summed E-state index contributed by atoms with van der Waals surface area (Å²) in [4.78, 5) is 2.59. The maximum Gasteiger partial charge on any atom is 0.266 e. The fraction of sp³-hybridized carbons (Fsp3) is 0.583. The molecule has 3 aliphatic rings. The highest BCUT2D eigenvalue weighted by atomic mass is 35.5. The fourth-order valence-corrected chi connectivity index (χ4v) is 5.91. The molecule has 2 saturated heterocycles. The maximum absolute atomic E-state index is 13.8. The number of hydrogen-bond donors (Lipinski definition) is 1. The Bertz CT molecular complexity index is 974. The van der Waals surface area contributed by atoms with Crippen molar-refractivity contribution < 1.29 is 17.9 Å². The first kappa shape index (κ1) is 22.9. The maximum atomic E-state index is 13.8. The van der Waals surface area contributed by atoms with E-state index in [1.54, 1.807) is 0 Å². The van der Waals surface area contributed by atoms with E-state index in [0.717, 1.165) is 70.5 Å². The van der Waals surface area contributed by atoms with Crippen molar-refractivity contribution in [2.75, 3.05) is 38.2 Å². The summed E-state index contributed by atoms with van der Waals surface area (Å²) in [5.74, 6) is 1.73. The lowest BCUT2D eigenvalue weighted by Crippen LogP contribution is -2.32. The molecule has 2 aromatic rings. The second-order valence-electron chi connectivity index (χ2n) is 9.57. The quantitative estimate of drug-likeness (QED) is 0.598. The standard InChI is InChI=1S/C24H28ClF3N4O/c25-21-2-1-17(26)9-19(21)23-20(24(27)28)10-22(30-31-23)29-18-7-15-12-32(13-16(15)8-18)11-14-3-5-33-6-4-14/h1-2,9-10,14-16,18,24H,3-8,11-13H2,(H,29,30)/t15-,16-/m1/s1. The zero-order valence-corrected chi connectivity index (χ0v) is 19.1. The van der Waals surface area contributed by atoms with Crippen LogP contribution in [0.5, 0.6) is 0 Å². The average molecular weight is 481 g/mol. The van der Waals surface area contributed by atoms with Crippen molar-refractivity contribution in [1.82, 2.24) is 15.1 Å². The van der Waals surface area contributed by atoms with Gasteiger partial charge in [0.2, 0.25) is 0 Å². The summed E-state index contributed by atoms with van der Waals surface area (Å²) < 4.78 is 46.8. The number of hydrogen-bond acceptors (Lipinski definition) is 5. The first-order chi connectivity index (χ1) is 16.0. The van der Waals surface area contributed by atoms with Gasteiger partial charge in [-0.2, -0.15) is 0 Å². The molecule has 3 heterocycles. The van der Waals surface area contributed by atoms with Gasteiger partial charge in [-0.25, -0.2) is 13.2 Å². The van der Waals surface area contributed by atoms with Crippen LogP contribution in [0.3, 0.4) is 0 Å². The second kappa shape index (κ2) is 9.76. The van der Waals surface area contributed by atoms with Crippen molar-refractivity contribution in [3.05, 3.63) is 40.7 Å².